The standard InChI is InChI=1S/C27H25F3N2O5S/c28-27(29,30)17-36-24-13-12-18(38(34,35)32-14-6-1-7-15-32)16-21(24)31-26(33)25-19-8-2-4-10-22(19)37-23-11-5-3-9-20(23)25/h2-5,8-13,16,25H,1,6-7,14-15,17H2,(H,31,33). The van der Waals surface area contributed by atoms with Gasteiger partial charge < -0.3 is 14.8 Å². The summed E-state index contributed by atoms with van der Waals surface area (Å²) in [5, 5.41) is 2.64. The number of halogens is 3. The van der Waals surface area contributed by atoms with Gasteiger partial charge in [-0.15, -0.1) is 0 Å². The van der Waals surface area contributed by atoms with E-state index in [1.165, 1.54) is 10.4 Å². The zero-order valence-corrected chi connectivity index (χ0v) is 21.0. The molecule has 0 bridgehead atoms. The number of fused-ring (bicyclic) bond motifs is 2. The van der Waals surface area contributed by atoms with Crippen molar-refractivity contribution in [2.45, 2.75) is 36.3 Å². The van der Waals surface area contributed by atoms with Crippen molar-refractivity contribution in [1.29, 1.82) is 0 Å². The van der Waals surface area contributed by atoms with Crippen molar-refractivity contribution in [3.8, 4) is 17.2 Å². The fourth-order valence-electron chi connectivity index (χ4n) is 4.70. The number of nitrogens with one attached hydrogen (secondary N) is 1. The molecule has 0 aliphatic carbocycles. The van der Waals surface area contributed by atoms with Gasteiger partial charge >= 0.3 is 6.18 Å². The highest BCUT2D eigenvalue weighted by Gasteiger charge is 2.34. The minimum atomic E-state index is -4.63. The molecule has 5 rings (SSSR count). The zero-order valence-electron chi connectivity index (χ0n) is 20.2. The first-order valence-electron chi connectivity index (χ1n) is 12.1. The Morgan fingerprint density at radius 2 is 1.55 bits per heavy atom. The van der Waals surface area contributed by atoms with E-state index in [0.29, 0.717) is 35.7 Å². The van der Waals surface area contributed by atoms with Gasteiger partial charge in [0, 0.05) is 24.2 Å². The molecule has 0 radical (unpaired) electrons. The van der Waals surface area contributed by atoms with Gasteiger partial charge in [0.25, 0.3) is 0 Å². The molecule has 0 aromatic heterocycles. The molecule has 3 aromatic rings. The van der Waals surface area contributed by atoms with Crippen molar-refractivity contribution in [3.05, 3.63) is 77.9 Å². The molecule has 0 saturated carbocycles. The van der Waals surface area contributed by atoms with Crippen LogP contribution in [0.25, 0.3) is 0 Å². The van der Waals surface area contributed by atoms with E-state index in [9.17, 15) is 26.4 Å². The fraction of sp³-hybridized carbons (Fsp3) is 0.296. The van der Waals surface area contributed by atoms with Crippen molar-refractivity contribution >= 4 is 21.6 Å². The third kappa shape index (κ3) is 5.34. The molecule has 1 amide bonds. The summed E-state index contributed by atoms with van der Waals surface area (Å²) in [7, 11) is -3.92. The molecule has 11 heteroatoms. The third-order valence-corrected chi connectivity index (χ3v) is 8.39. The molecule has 2 aliphatic heterocycles. The highest BCUT2D eigenvalue weighted by molar-refractivity contribution is 7.89. The van der Waals surface area contributed by atoms with Crippen LogP contribution in [0, 0.1) is 0 Å². The monoisotopic (exact) mass is 546 g/mol. The predicted molar refractivity (Wildman–Crippen MR) is 134 cm³/mol. The van der Waals surface area contributed by atoms with Gasteiger partial charge in [-0.25, -0.2) is 8.42 Å². The van der Waals surface area contributed by atoms with Gasteiger partial charge in [-0.05, 0) is 43.2 Å². The molecule has 200 valence electrons. The summed E-state index contributed by atoms with van der Waals surface area (Å²) in [6.07, 6.45) is -2.26. The number of benzene rings is 3. The minimum absolute atomic E-state index is 0.137. The van der Waals surface area contributed by atoms with E-state index in [4.69, 9.17) is 9.47 Å². The van der Waals surface area contributed by atoms with Crippen molar-refractivity contribution in [2.24, 2.45) is 0 Å². The quantitative estimate of drug-likeness (QED) is 0.430. The average Bonchev–Trinajstić information content (AvgIpc) is 2.90. The first-order valence-corrected chi connectivity index (χ1v) is 13.6. The van der Waals surface area contributed by atoms with E-state index in [0.717, 1.165) is 31.4 Å². The second kappa shape index (κ2) is 10.3. The number of hydrogen-bond donors (Lipinski definition) is 1. The van der Waals surface area contributed by atoms with Crippen LogP contribution < -0.4 is 14.8 Å². The second-order valence-electron chi connectivity index (χ2n) is 9.13. The summed E-state index contributed by atoms with van der Waals surface area (Å²) in [6, 6.07) is 17.4. The van der Waals surface area contributed by atoms with E-state index < -0.39 is 34.6 Å². The largest absolute Gasteiger partial charge is 0.482 e. The number of ether oxygens (including phenoxy) is 2. The molecule has 3 aromatic carbocycles. The van der Waals surface area contributed by atoms with Crippen molar-refractivity contribution in [1.82, 2.24) is 4.31 Å². The lowest BCUT2D eigenvalue weighted by Gasteiger charge is -2.28. The number of piperidine rings is 1. The van der Waals surface area contributed by atoms with E-state index >= 15 is 0 Å². The summed E-state index contributed by atoms with van der Waals surface area (Å²) >= 11 is 0. The van der Waals surface area contributed by atoms with Crippen LogP contribution in [0.4, 0.5) is 18.9 Å². The Hall–Kier alpha value is -3.57. The van der Waals surface area contributed by atoms with Crippen LogP contribution in [0.3, 0.4) is 0 Å². The number of para-hydroxylation sites is 2. The van der Waals surface area contributed by atoms with Gasteiger partial charge in [-0.3, -0.25) is 4.79 Å². The number of rotatable bonds is 6. The van der Waals surface area contributed by atoms with E-state index in [1.54, 1.807) is 48.5 Å². The van der Waals surface area contributed by atoms with E-state index in [1.807, 2.05) is 0 Å². The average molecular weight is 547 g/mol. The number of hydrogen-bond acceptors (Lipinski definition) is 5. The molecule has 0 spiro atoms. The van der Waals surface area contributed by atoms with Gasteiger partial charge in [-0.2, -0.15) is 17.5 Å². The van der Waals surface area contributed by atoms with Crippen molar-refractivity contribution < 1.29 is 35.9 Å². The molecule has 0 unspecified atom stereocenters. The van der Waals surface area contributed by atoms with Gasteiger partial charge in [-0.1, -0.05) is 42.8 Å². The maximum atomic E-state index is 13.7. The number of carbonyl (C=O) groups is 1. The fourth-order valence-corrected chi connectivity index (χ4v) is 6.25. The molecule has 1 fully saturated rings. The Kier molecular flexibility index (Phi) is 7.06. The smallest absolute Gasteiger partial charge is 0.422 e. The molecule has 7 nitrogen and oxygen atoms in total. The zero-order chi connectivity index (χ0) is 26.9. The highest BCUT2D eigenvalue weighted by atomic mass is 32.2. The molecular weight excluding hydrogens is 521 g/mol. The molecule has 2 aliphatic rings. The summed E-state index contributed by atoms with van der Waals surface area (Å²) < 4.78 is 77.6. The van der Waals surface area contributed by atoms with Gasteiger partial charge in [0.05, 0.1) is 16.5 Å². The van der Waals surface area contributed by atoms with Crippen LogP contribution in [-0.2, 0) is 14.8 Å². The first-order chi connectivity index (χ1) is 18.1. The number of anilines is 1. The Morgan fingerprint density at radius 1 is 0.947 bits per heavy atom. The first kappa shape index (κ1) is 26.1. The lowest BCUT2D eigenvalue weighted by molar-refractivity contribution is -0.153. The summed E-state index contributed by atoms with van der Waals surface area (Å²) in [5.74, 6) is -0.768. The maximum Gasteiger partial charge on any atom is 0.422 e. The number of amides is 1. The lowest BCUT2D eigenvalue weighted by atomic mass is 9.87. The van der Waals surface area contributed by atoms with E-state index in [2.05, 4.69) is 5.32 Å². The summed E-state index contributed by atoms with van der Waals surface area (Å²) in [5.41, 5.74) is 0.968. The Labute approximate surface area is 218 Å². The van der Waals surface area contributed by atoms with Crippen LogP contribution in [0.2, 0.25) is 0 Å². The Balaban J connectivity index is 1.52. The normalized spacial score (nSPS) is 16.2. The minimum Gasteiger partial charge on any atom is -0.482 e. The SMILES string of the molecule is O=C(Nc1cc(S(=O)(=O)N2CCCCC2)ccc1OCC(F)(F)F)C1c2ccccc2Oc2ccccc21. The summed E-state index contributed by atoms with van der Waals surface area (Å²) in [4.78, 5) is 13.6. The molecular formula is C27H25F3N2O5S. The van der Waals surface area contributed by atoms with Gasteiger partial charge in [0.15, 0.2) is 6.61 Å². The molecule has 2 heterocycles. The molecule has 1 saturated heterocycles. The number of nitrogens with zero attached hydrogens (tertiary/aromatic N) is 1. The van der Waals surface area contributed by atoms with Crippen LogP contribution in [-0.4, -0.2) is 44.5 Å². The summed E-state index contributed by atoms with van der Waals surface area (Å²) in [6.45, 7) is -0.894. The number of carbonyl (C=O) groups excluding carboxylic acids is 1. The molecule has 1 N–H and O–H groups in total. The van der Waals surface area contributed by atoms with Crippen LogP contribution in [0.15, 0.2) is 71.6 Å². The highest BCUT2D eigenvalue weighted by Crippen LogP contribution is 2.44. The van der Waals surface area contributed by atoms with Gasteiger partial charge in [0.1, 0.15) is 17.2 Å². The van der Waals surface area contributed by atoms with Crippen molar-refractivity contribution in [3.63, 3.8) is 0 Å². The predicted octanol–water partition coefficient (Wildman–Crippen LogP) is 5.68. The van der Waals surface area contributed by atoms with Crippen LogP contribution >= 0.6 is 0 Å². The van der Waals surface area contributed by atoms with Gasteiger partial charge in [0.2, 0.25) is 15.9 Å². The van der Waals surface area contributed by atoms with E-state index in [-0.39, 0.29) is 16.3 Å². The maximum absolute atomic E-state index is 13.7. The Morgan fingerprint density at radius 3 is 2.16 bits per heavy atom. The second-order valence-corrected chi connectivity index (χ2v) is 11.1. The van der Waals surface area contributed by atoms with Crippen molar-refractivity contribution in [2.75, 3.05) is 25.0 Å². The lowest BCUT2D eigenvalue weighted by Crippen LogP contribution is -2.35. The van der Waals surface area contributed by atoms with Crippen LogP contribution in [0.1, 0.15) is 36.3 Å². The third-order valence-electron chi connectivity index (χ3n) is 6.50. The molecule has 0 atom stereocenters. The number of sulfonamides is 1. The molecule has 38 heavy (non-hydrogen) atoms. The number of alkyl halides is 3. The topological polar surface area (TPSA) is 84.9 Å². The Bertz CT molecular complexity index is 1410. The van der Waals surface area contributed by atoms with Crippen LogP contribution in [0.5, 0.6) is 17.2 Å².